The second-order valence-electron chi connectivity index (χ2n) is 7.16. The average Bonchev–Trinajstić information content (AvgIpc) is 3.23. The zero-order valence-electron chi connectivity index (χ0n) is 17.5. The molecule has 31 heavy (non-hydrogen) atoms. The fourth-order valence-electron chi connectivity index (χ4n) is 3.75. The number of anilines is 1. The topological polar surface area (TPSA) is 75.4 Å². The number of carbonyl (C=O) groups excluding carboxylic acids is 1. The standard InChI is InChI=1S/C25H25N3O3/c1-30-23-13-12-17(14-24(23)31-2)20(21-16-26-22-11-7-6-10-19(21)22)15-27-25(29)28-18-8-4-3-5-9-18/h3-14,16,20,26H,15H2,1-2H3,(H2,27,28,29). The molecule has 3 N–H and O–H groups in total. The van der Waals surface area contributed by atoms with Gasteiger partial charge in [-0.1, -0.05) is 42.5 Å². The molecule has 0 saturated carbocycles. The molecule has 6 nitrogen and oxygen atoms in total. The van der Waals surface area contributed by atoms with Crippen molar-refractivity contribution in [3.8, 4) is 11.5 Å². The number of amides is 2. The van der Waals surface area contributed by atoms with Crippen LogP contribution in [0.4, 0.5) is 10.5 Å². The van der Waals surface area contributed by atoms with Crippen molar-refractivity contribution < 1.29 is 14.3 Å². The minimum atomic E-state index is -0.253. The Morgan fingerprint density at radius 2 is 1.68 bits per heavy atom. The Labute approximate surface area is 181 Å². The van der Waals surface area contributed by atoms with Gasteiger partial charge in [0.25, 0.3) is 0 Å². The number of carbonyl (C=O) groups is 1. The molecule has 0 aliphatic carbocycles. The molecule has 4 rings (SSSR count). The van der Waals surface area contributed by atoms with Crippen LogP contribution in [0.3, 0.4) is 0 Å². The lowest BCUT2D eigenvalue weighted by Crippen LogP contribution is -2.32. The number of hydrogen-bond acceptors (Lipinski definition) is 3. The number of methoxy groups -OCH3 is 2. The van der Waals surface area contributed by atoms with Crippen molar-refractivity contribution in [3.63, 3.8) is 0 Å². The molecule has 3 aromatic carbocycles. The smallest absolute Gasteiger partial charge is 0.319 e. The van der Waals surface area contributed by atoms with Gasteiger partial charge in [0.2, 0.25) is 0 Å². The van der Waals surface area contributed by atoms with Crippen LogP contribution >= 0.6 is 0 Å². The van der Waals surface area contributed by atoms with Gasteiger partial charge >= 0.3 is 6.03 Å². The second kappa shape index (κ2) is 9.26. The lowest BCUT2D eigenvalue weighted by atomic mass is 9.90. The van der Waals surface area contributed by atoms with E-state index in [1.807, 2.05) is 72.9 Å². The molecule has 4 aromatic rings. The van der Waals surface area contributed by atoms with Gasteiger partial charge in [0.1, 0.15) is 0 Å². The Kier molecular flexibility index (Phi) is 6.08. The summed E-state index contributed by atoms with van der Waals surface area (Å²) in [5, 5.41) is 7.00. The highest BCUT2D eigenvalue weighted by molar-refractivity contribution is 5.89. The molecule has 1 atom stereocenters. The van der Waals surface area contributed by atoms with Gasteiger partial charge in [-0.15, -0.1) is 0 Å². The van der Waals surface area contributed by atoms with Crippen LogP contribution in [-0.2, 0) is 0 Å². The third kappa shape index (κ3) is 4.48. The lowest BCUT2D eigenvalue weighted by Gasteiger charge is -2.20. The molecule has 2 amide bonds. The van der Waals surface area contributed by atoms with E-state index in [1.165, 1.54) is 0 Å². The van der Waals surface area contributed by atoms with Gasteiger partial charge in [0.05, 0.1) is 14.2 Å². The van der Waals surface area contributed by atoms with Crippen molar-refractivity contribution in [2.75, 3.05) is 26.1 Å². The first-order valence-electron chi connectivity index (χ1n) is 10.1. The molecule has 1 unspecified atom stereocenters. The predicted molar refractivity (Wildman–Crippen MR) is 123 cm³/mol. The van der Waals surface area contributed by atoms with Gasteiger partial charge in [-0.05, 0) is 41.5 Å². The number of H-pyrrole nitrogens is 1. The average molecular weight is 415 g/mol. The number of urea groups is 1. The van der Waals surface area contributed by atoms with Crippen LogP contribution in [-0.4, -0.2) is 31.8 Å². The molecule has 0 radical (unpaired) electrons. The molecular formula is C25H25N3O3. The van der Waals surface area contributed by atoms with Crippen molar-refractivity contribution >= 4 is 22.6 Å². The Morgan fingerprint density at radius 1 is 0.935 bits per heavy atom. The number of para-hydroxylation sites is 2. The van der Waals surface area contributed by atoms with Crippen LogP contribution in [0.15, 0.2) is 79.0 Å². The van der Waals surface area contributed by atoms with Crippen molar-refractivity contribution in [2.45, 2.75) is 5.92 Å². The summed E-state index contributed by atoms with van der Waals surface area (Å²) in [4.78, 5) is 15.9. The minimum absolute atomic E-state index is 0.0857. The maximum atomic E-state index is 12.5. The normalized spacial score (nSPS) is 11.7. The van der Waals surface area contributed by atoms with Crippen molar-refractivity contribution in [1.29, 1.82) is 0 Å². The van der Waals surface area contributed by atoms with Crippen LogP contribution in [0.25, 0.3) is 10.9 Å². The van der Waals surface area contributed by atoms with E-state index in [9.17, 15) is 4.79 Å². The van der Waals surface area contributed by atoms with E-state index >= 15 is 0 Å². The molecule has 1 aromatic heterocycles. The van der Waals surface area contributed by atoms with E-state index in [0.29, 0.717) is 18.0 Å². The van der Waals surface area contributed by atoms with Gasteiger partial charge < -0.3 is 25.1 Å². The lowest BCUT2D eigenvalue weighted by molar-refractivity contribution is 0.252. The monoisotopic (exact) mass is 415 g/mol. The highest BCUT2D eigenvalue weighted by Crippen LogP contribution is 2.35. The Hall–Kier alpha value is -3.93. The quantitative estimate of drug-likeness (QED) is 0.391. The highest BCUT2D eigenvalue weighted by atomic mass is 16.5. The minimum Gasteiger partial charge on any atom is -0.493 e. The number of nitrogens with one attached hydrogen (secondary N) is 3. The number of fused-ring (bicyclic) bond motifs is 1. The van der Waals surface area contributed by atoms with Crippen LogP contribution in [0.1, 0.15) is 17.0 Å². The van der Waals surface area contributed by atoms with Crippen LogP contribution < -0.4 is 20.1 Å². The SMILES string of the molecule is COc1ccc(C(CNC(=O)Nc2ccccc2)c2c[nH]c3ccccc23)cc1OC. The maximum Gasteiger partial charge on any atom is 0.319 e. The molecule has 1 heterocycles. The summed E-state index contributed by atoms with van der Waals surface area (Å²) >= 11 is 0. The van der Waals surface area contributed by atoms with E-state index < -0.39 is 0 Å². The Bertz CT molecular complexity index is 1170. The van der Waals surface area contributed by atoms with Gasteiger partial charge in [-0.2, -0.15) is 0 Å². The first-order valence-corrected chi connectivity index (χ1v) is 10.1. The summed E-state index contributed by atoms with van der Waals surface area (Å²) in [7, 11) is 3.23. The summed E-state index contributed by atoms with van der Waals surface area (Å²) in [6.07, 6.45) is 2.00. The fourth-order valence-corrected chi connectivity index (χ4v) is 3.75. The number of aromatic nitrogens is 1. The zero-order chi connectivity index (χ0) is 21.6. The van der Waals surface area contributed by atoms with Crippen molar-refractivity contribution in [1.82, 2.24) is 10.3 Å². The first-order chi connectivity index (χ1) is 15.2. The molecular weight excluding hydrogens is 390 g/mol. The van der Waals surface area contributed by atoms with E-state index in [1.54, 1.807) is 14.2 Å². The molecule has 0 fully saturated rings. The summed E-state index contributed by atoms with van der Waals surface area (Å²) < 4.78 is 10.9. The molecule has 158 valence electrons. The van der Waals surface area contributed by atoms with E-state index in [2.05, 4.69) is 21.7 Å². The van der Waals surface area contributed by atoms with E-state index in [4.69, 9.17) is 9.47 Å². The van der Waals surface area contributed by atoms with Crippen molar-refractivity contribution in [3.05, 3.63) is 90.1 Å². The van der Waals surface area contributed by atoms with Gasteiger partial charge in [-0.25, -0.2) is 4.79 Å². The number of rotatable bonds is 7. The second-order valence-corrected chi connectivity index (χ2v) is 7.16. The van der Waals surface area contributed by atoms with Crippen LogP contribution in [0.5, 0.6) is 11.5 Å². The predicted octanol–water partition coefficient (Wildman–Crippen LogP) is 5.14. The molecule has 6 heteroatoms. The maximum absolute atomic E-state index is 12.5. The fraction of sp³-hybridized carbons (Fsp3) is 0.160. The largest absolute Gasteiger partial charge is 0.493 e. The zero-order valence-corrected chi connectivity index (χ0v) is 17.5. The van der Waals surface area contributed by atoms with E-state index in [0.717, 1.165) is 27.7 Å². The first kappa shape index (κ1) is 20.3. The third-order valence-electron chi connectivity index (χ3n) is 5.31. The molecule has 0 spiro atoms. The summed E-state index contributed by atoms with van der Waals surface area (Å²) in [6, 6.07) is 23.1. The van der Waals surface area contributed by atoms with Gasteiger partial charge in [0, 0.05) is 35.2 Å². The van der Waals surface area contributed by atoms with Gasteiger partial charge in [0.15, 0.2) is 11.5 Å². The molecule has 0 aliphatic rings. The molecule has 0 bridgehead atoms. The number of benzene rings is 3. The molecule has 0 saturated heterocycles. The number of hydrogen-bond donors (Lipinski definition) is 3. The number of aromatic amines is 1. The van der Waals surface area contributed by atoms with E-state index in [-0.39, 0.29) is 11.9 Å². The highest BCUT2D eigenvalue weighted by Gasteiger charge is 2.21. The van der Waals surface area contributed by atoms with Crippen LogP contribution in [0.2, 0.25) is 0 Å². The summed E-state index contributed by atoms with van der Waals surface area (Å²) in [5.41, 5.74) is 3.91. The summed E-state index contributed by atoms with van der Waals surface area (Å²) in [6.45, 7) is 0.413. The Balaban J connectivity index is 1.64. The van der Waals surface area contributed by atoms with Crippen molar-refractivity contribution in [2.24, 2.45) is 0 Å². The van der Waals surface area contributed by atoms with Crippen LogP contribution in [0, 0.1) is 0 Å². The van der Waals surface area contributed by atoms with Gasteiger partial charge in [-0.3, -0.25) is 0 Å². The number of ether oxygens (including phenoxy) is 2. The summed E-state index contributed by atoms with van der Waals surface area (Å²) in [5.74, 6) is 1.23. The Morgan fingerprint density at radius 3 is 2.45 bits per heavy atom. The third-order valence-corrected chi connectivity index (χ3v) is 5.31. The molecule has 0 aliphatic heterocycles.